The summed E-state index contributed by atoms with van der Waals surface area (Å²) in [4.78, 5) is 40.1. The van der Waals surface area contributed by atoms with Crippen molar-refractivity contribution in [2.24, 2.45) is 0 Å². The maximum absolute atomic E-state index is 13.4. The minimum absolute atomic E-state index is 0.102. The molecule has 3 rings (SSSR count). The van der Waals surface area contributed by atoms with E-state index in [4.69, 9.17) is 0 Å². The van der Waals surface area contributed by atoms with Crippen LogP contribution in [0.4, 0.5) is 15.8 Å². The first-order chi connectivity index (χ1) is 16.7. The molecule has 0 aliphatic heterocycles. The molecular formula is C26H32FN3O4S. The third kappa shape index (κ3) is 7.21. The zero-order valence-electron chi connectivity index (χ0n) is 20.3. The number of hydrogen-bond acceptors (Lipinski definition) is 4. The van der Waals surface area contributed by atoms with Gasteiger partial charge in [0.15, 0.2) is 0 Å². The van der Waals surface area contributed by atoms with Crippen LogP contribution in [0.5, 0.6) is 0 Å². The Kier molecular flexibility index (Phi) is 9.14. The van der Waals surface area contributed by atoms with E-state index in [0.29, 0.717) is 11.4 Å². The van der Waals surface area contributed by atoms with E-state index in [0.717, 1.165) is 36.8 Å². The van der Waals surface area contributed by atoms with Crippen LogP contribution in [0, 0.1) is 19.7 Å². The standard InChI is InChI=1S/C26H32FN3O4S/c1-17-7-6-10-23(18(17)2)30(19(3)26(33)29-21-8-4-5-9-21)25(32)16-35(34)15-24(31)28-22-13-11-20(27)12-14-22/h6-7,10-14,19,21H,4-5,8-9,15-16H2,1-3H3,(H,28,31)(H,29,33). The van der Waals surface area contributed by atoms with Crippen LogP contribution in [-0.2, 0) is 25.2 Å². The highest BCUT2D eigenvalue weighted by Crippen LogP contribution is 2.26. The van der Waals surface area contributed by atoms with Crippen molar-refractivity contribution in [3.63, 3.8) is 0 Å². The van der Waals surface area contributed by atoms with E-state index in [1.54, 1.807) is 13.0 Å². The fourth-order valence-corrected chi connectivity index (χ4v) is 5.08. The lowest BCUT2D eigenvalue weighted by Crippen LogP contribution is -2.51. The number of nitrogens with one attached hydrogen (secondary N) is 2. The molecule has 2 aromatic carbocycles. The van der Waals surface area contributed by atoms with Crippen molar-refractivity contribution in [2.75, 3.05) is 21.7 Å². The number of aryl methyl sites for hydroxylation is 1. The van der Waals surface area contributed by atoms with Gasteiger partial charge in [-0.25, -0.2) is 4.39 Å². The van der Waals surface area contributed by atoms with Crippen molar-refractivity contribution in [1.29, 1.82) is 0 Å². The minimum atomic E-state index is -1.81. The summed E-state index contributed by atoms with van der Waals surface area (Å²) in [5, 5.41) is 5.58. The van der Waals surface area contributed by atoms with Gasteiger partial charge in [0.05, 0.1) is 0 Å². The van der Waals surface area contributed by atoms with Gasteiger partial charge in [0, 0.05) is 28.2 Å². The van der Waals surface area contributed by atoms with Crippen molar-refractivity contribution < 1.29 is 23.0 Å². The van der Waals surface area contributed by atoms with Crippen LogP contribution in [0.1, 0.15) is 43.7 Å². The van der Waals surface area contributed by atoms with Gasteiger partial charge in [-0.3, -0.25) is 23.5 Å². The molecule has 7 nitrogen and oxygen atoms in total. The molecule has 0 spiro atoms. The van der Waals surface area contributed by atoms with Crippen molar-refractivity contribution in [1.82, 2.24) is 5.32 Å². The quantitative estimate of drug-likeness (QED) is 0.549. The molecule has 2 atom stereocenters. The Morgan fingerprint density at radius 1 is 1.06 bits per heavy atom. The lowest BCUT2D eigenvalue weighted by atomic mass is 10.1. The van der Waals surface area contributed by atoms with E-state index in [1.807, 2.05) is 26.0 Å². The lowest BCUT2D eigenvalue weighted by Gasteiger charge is -2.31. The van der Waals surface area contributed by atoms with Gasteiger partial charge in [-0.1, -0.05) is 25.0 Å². The molecule has 1 aliphatic carbocycles. The molecule has 188 valence electrons. The molecule has 3 amide bonds. The molecule has 0 saturated heterocycles. The molecule has 1 fully saturated rings. The summed E-state index contributed by atoms with van der Waals surface area (Å²) in [5.74, 6) is -2.55. The third-order valence-corrected chi connectivity index (χ3v) is 7.43. The molecule has 0 heterocycles. The van der Waals surface area contributed by atoms with E-state index in [1.165, 1.54) is 29.2 Å². The maximum atomic E-state index is 13.4. The Bertz CT molecular complexity index is 1100. The number of halogens is 1. The maximum Gasteiger partial charge on any atom is 0.243 e. The van der Waals surface area contributed by atoms with Crippen molar-refractivity contribution in [3.8, 4) is 0 Å². The smallest absolute Gasteiger partial charge is 0.243 e. The molecule has 0 aromatic heterocycles. The first-order valence-electron chi connectivity index (χ1n) is 11.7. The molecular weight excluding hydrogens is 469 g/mol. The second kappa shape index (κ2) is 12.1. The van der Waals surface area contributed by atoms with Crippen LogP contribution >= 0.6 is 0 Å². The predicted molar refractivity (Wildman–Crippen MR) is 136 cm³/mol. The number of amides is 3. The summed E-state index contributed by atoms with van der Waals surface area (Å²) in [6.07, 6.45) is 3.97. The molecule has 2 aromatic rings. The van der Waals surface area contributed by atoms with E-state index in [-0.39, 0.29) is 11.9 Å². The Morgan fingerprint density at radius 2 is 1.71 bits per heavy atom. The number of rotatable bonds is 9. The summed E-state index contributed by atoms with van der Waals surface area (Å²) in [7, 11) is -1.81. The molecule has 1 saturated carbocycles. The largest absolute Gasteiger partial charge is 0.352 e. The van der Waals surface area contributed by atoms with E-state index in [9.17, 15) is 23.0 Å². The van der Waals surface area contributed by atoms with Crippen LogP contribution < -0.4 is 15.5 Å². The van der Waals surface area contributed by atoms with Crippen LogP contribution in [-0.4, -0.2) is 45.5 Å². The molecule has 0 radical (unpaired) electrons. The Morgan fingerprint density at radius 3 is 2.37 bits per heavy atom. The number of nitrogens with zero attached hydrogens (tertiary/aromatic N) is 1. The molecule has 9 heteroatoms. The second-order valence-corrected chi connectivity index (χ2v) is 10.4. The molecule has 1 aliphatic rings. The number of anilines is 2. The average Bonchev–Trinajstić information content (AvgIpc) is 3.31. The topological polar surface area (TPSA) is 95.6 Å². The summed E-state index contributed by atoms with van der Waals surface area (Å²) in [5.41, 5.74) is 2.76. The molecule has 35 heavy (non-hydrogen) atoms. The second-order valence-electron chi connectivity index (χ2n) is 8.93. The first-order valence-corrected chi connectivity index (χ1v) is 13.2. The van der Waals surface area contributed by atoms with Crippen molar-refractivity contribution >= 4 is 39.9 Å². The average molecular weight is 502 g/mol. The Labute approximate surface area is 207 Å². The van der Waals surface area contributed by atoms with E-state index < -0.39 is 46.0 Å². The summed E-state index contributed by atoms with van der Waals surface area (Å²) in [6.45, 7) is 5.45. The van der Waals surface area contributed by atoms with Gasteiger partial charge >= 0.3 is 0 Å². The van der Waals surface area contributed by atoms with E-state index >= 15 is 0 Å². The Balaban J connectivity index is 1.72. The number of hydrogen-bond donors (Lipinski definition) is 2. The van der Waals surface area contributed by atoms with Gasteiger partial charge in [-0.05, 0) is 75.1 Å². The van der Waals surface area contributed by atoms with Gasteiger partial charge in [-0.2, -0.15) is 0 Å². The zero-order valence-corrected chi connectivity index (χ0v) is 21.1. The van der Waals surface area contributed by atoms with Gasteiger partial charge < -0.3 is 10.6 Å². The lowest BCUT2D eigenvalue weighted by molar-refractivity contribution is -0.125. The summed E-state index contributed by atoms with van der Waals surface area (Å²) >= 11 is 0. The SMILES string of the molecule is Cc1cccc(N(C(=O)CS(=O)CC(=O)Nc2ccc(F)cc2)C(C)C(=O)NC2CCCC2)c1C. The fraction of sp³-hybridized carbons (Fsp3) is 0.423. The predicted octanol–water partition coefficient (Wildman–Crippen LogP) is 3.61. The van der Waals surface area contributed by atoms with Crippen LogP contribution in [0.15, 0.2) is 42.5 Å². The summed E-state index contributed by atoms with van der Waals surface area (Å²) < 4.78 is 25.8. The van der Waals surface area contributed by atoms with Crippen molar-refractivity contribution in [3.05, 3.63) is 59.4 Å². The van der Waals surface area contributed by atoms with Gasteiger partial charge in [-0.15, -0.1) is 0 Å². The molecule has 2 unspecified atom stereocenters. The monoisotopic (exact) mass is 501 g/mol. The highest BCUT2D eigenvalue weighted by atomic mass is 32.2. The Hall–Kier alpha value is -3.07. The zero-order chi connectivity index (χ0) is 25.5. The number of benzene rings is 2. The van der Waals surface area contributed by atoms with Gasteiger partial charge in [0.2, 0.25) is 17.7 Å². The van der Waals surface area contributed by atoms with Gasteiger partial charge in [0.25, 0.3) is 0 Å². The molecule has 2 N–H and O–H groups in total. The fourth-order valence-electron chi connectivity index (χ4n) is 4.20. The minimum Gasteiger partial charge on any atom is -0.352 e. The van der Waals surface area contributed by atoms with Crippen molar-refractivity contribution in [2.45, 2.75) is 58.5 Å². The first kappa shape index (κ1) is 26.5. The third-order valence-electron chi connectivity index (χ3n) is 6.28. The van der Waals surface area contributed by atoms with Crippen LogP contribution in [0.25, 0.3) is 0 Å². The summed E-state index contributed by atoms with van der Waals surface area (Å²) in [6, 6.07) is 9.99. The van der Waals surface area contributed by atoms with E-state index in [2.05, 4.69) is 10.6 Å². The van der Waals surface area contributed by atoms with Gasteiger partial charge in [0.1, 0.15) is 23.4 Å². The molecule has 0 bridgehead atoms. The van der Waals surface area contributed by atoms with Crippen LogP contribution in [0.3, 0.4) is 0 Å². The highest BCUT2D eigenvalue weighted by molar-refractivity contribution is 7.86. The number of carbonyl (C=O) groups excluding carboxylic acids is 3. The van der Waals surface area contributed by atoms with Crippen LogP contribution in [0.2, 0.25) is 0 Å². The normalized spacial score (nSPS) is 15.3. The highest BCUT2D eigenvalue weighted by Gasteiger charge is 2.31. The number of carbonyl (C=O) groups is 3.